The van der Waals surface area contributed by atoms with Crippen molar-refractivity contribution in [3.8, 4) is 0 Å². The van der Waals surface area contributed by atoms with Crippen molar-refractivity contribution in [2.75, 3.05) is 12.3 Å². The summed E-state index contributed by atoms with van der Waals surface area (Å²) in [6, 6.07) is 17.7. The number of nitrogens with zero attached hydrogens (tertiary/aromatic N) is 1. The van der Waals surface area contributed by atoms with Crippen molar-refractivity contribution >= 4 is 24.0 Å². The lowest BCUT2D eigenvalue weighted by atomic mass is 10.0. The molecule has 0 radical (unpaired) electrons. The first kappa shape index (κ1) is 19.0. The molecular weight excluding hydrogens is 308 g/mol. The number of halogens is 1. The zero-order chi connectivity index (χ0) is 15.9. The molecule has 1 amide bonds. The van der Waals surface area contributed by atoms with E-state index in [0.717, 1.165) is 12.8 Å². The van der Waals surface area contributed by atoms with Gasteiger partial charge in [-0.2, -0.15) is 0 Å². The predicted octanol–water partition coefficient (Wildman–Crippen LogP) is 4.17. The Labute approximate surface area is 144 Å². The largest absolute Gasteiger partial charge is 0.399 e. The number of hydrogen-bond acceptors (Lipinski definition) is 2. The fourth-order valence-corrected chi connectivity index (χ4v) is 2.77. The van der Waals surface area contributed by atoms with Gasteiger partial charge in [-0.1, -0.05) is 43.3 Å². The first-order valence-corrected chi connectivity index (χ1v) is 7.86. The number of benzene rings is 2. The molecule has 0 saturated heterocycles. The van der Waals surface area contributed by atoms with E-state index in [-0.39, 0.29) is 24.4 Å². The highest BCUT2D eigenvalue weighted by molar-refractivity contribution is 5.95. The summed E-state index contributed by atoms with van der Waals surface area (Å²) in [5.41, 5.74) is 8.34. The lowest BCUT2D eigenvalue weighted by Gasteiger charge is -2.30. The van der Waals surface area contributed by atoms with Crippen LogP contribution in [0.15, 0.2) is 54.6 Å². The third kappa shape index (κ3) is 5.00. The van der Waals surface area contributed by atoms with E-state index < -0.39 is 0 Å². The van der Waals surface area contributed by atoms with Crippen molar-refractivity contribution in [3.05, 3.63) is 65.7 Å². The second-order valence-corrected chi connectivity index (χ2v) is 5.47. The van der Waals surface area contributed by atoms with Gasteiger partial charge in [-0.3, -0.25) is 4.79 Å². The Morgan fingerprint density at radius 3 is 2.35 bits per heavy atom. The molecule has 2 aromatic carbocycles. The predicted molar refractivity (Wildman–Crippen MR) is 99.0 cm³/mol. The van der Waals surface area contributed by atoms with Gasteiger partial charge in [0.15, 0.2) is 0 Å². The van der Waals surface area contributed by atoms with E-state index in [4.69, 9.17) is 5.73 Å². The van der Waals surface area contributed by atoms with Crippen molar-refractivity contribution in [2.45, 2.75) is 32.7 Å². The fraction of sp³-hybridized carbons (Fsp3) is 0.316. The van der Waals surface area contributed by atoms with E-state index in [2.05, 4.69) is 19.1 Å². The van der Waals surface area contributed by atoms with Crippen molar-refractivity contribution in [1.82, 2.24) is 4.90 Å². The summed E-state index contributed by atoms with van der Waals surface area (Å²) >= 11 is 0. The Balaban J connectivity index is 0.00000264. The summed E-state index contributed by atoms with van der Waals surface area (Å²) in [7, 11) is 0. The molecule has 3 nitrogen and oxygen atoms in total. The standard InChI is InChI=1S/C19H24N2O.ClH/c1-3-18(13-15-9-6-5-7-10-15)21(4-2)19(22)16-11-8-12-17(20)14-16;/h5-12,14,18H,3-4,13,20H2,1-2H3;1H. The topological polar surface area (TPSA) is 46.3 Å². The van der Waals surface area contributed by atoms with Gasteiger partial charge < -0.3 is 10.6 Å². The van der Waals surface area contributed by atoms with E-state index in [9.17, 15) is 4.79 Å². The second kappa shape index (κ2) is 9.21. The fourth-order valence-electron chi connectivity index (χ4n) is 2.77. The molecule has 1 unspecified atom stereocenters. The Morgan fingerprint density at radius 2 is 1.78 bits per heavy atom. The van der Waals surface area contributed by atoms with Gasteiger partial charge in [-0.15, -0.1) is 12.4 Å². The van der Waals surface area contributed by atoms with Gasteiger partial charge in [-0.25, -0.2) is 0 Å². The van der Waals surface area contributed by atoms with E-state index >= 15 is 0 Å². The highest BCUT2D eigenvalue weighted by atomic mass is 35.5. The molecule has 4 heteroatoms. The lowest BCUT2D eigenvalue weighted by Crippen LogP contribution is -2.41. The van der Waals surface area contributed by atoms with Gasteiger partial charge >= 0.3 is 0 Å². The minimum Gasteiger partial charge on any atom is -0.399 e. The molecule has 0 aliphatic heterocycles. The SMILES string of the molecule is CCC(Cc1ccccc1)N(CC)C(=O)c1cccc(N)c1.Cl. The molecule has 0 aliphatic rings. The highest BCUT2D eigenvalue weighted by Crippen LogP contribution is 2.17. The summed E-state index contributed by atoms with van der Waals surface area (Å²) < 4.78 is 0. The molecule has 0 saturated carbocycles. The van der Waals surface area contributed by atoms with Crippen LogP contribution in [0.4, 0.5) is 5.69 Å². The minimum absolute atomic E-state index is 0. The van der Waals surface area contributed by atoms with E-state index in [1.807, 2.05) is 42.2 Å². The van der Waals surface area contributed by atoms with E-state index in [1.165, 1.54) is 5.56 Å². The second-order valence-electron chi connectivity index (χ2n) is 5.47. The lowest BCUT2D eigenvalue weighted by molar-refractivity contribution is 0.0684. The summed E-state index contributed by atoms with van der Waals surface area (Å²) in [5.74, 6) is 0.0533. The van der Waals surface area contributed by atoms with Crippen LogP contribution in [0.2, 0.25) is 0 Å². The number of nitrogens with two attached hydrogens (primary N) is 1. The molecule has 0 bridgehead atoms. The summed E-state index contributed by atoms with van der Waals surface area (Å²) in [4.78, 5) is 14.7. The molecule has 0 heterocycles. The monoisotopic (exact) mass is 332 g/mol. The van der Waals surface area contributed by atoms with Crippen LogP contribution in [0.25, 0.3) is 0 Å². The number of amides is 1. The Morgan fingerprint density at radius 1 is 1.09 bits per heavy atom. The van der Waals surface area contributed by atoms with E-state index in [1.54, 1.807) is 12.1 Å². The zero-order valence-electron chi connectivity index (χ0n) is 13.7. The van der Waals surface area contributed by atoms with Crippen LogP contribution < -0.4 is 5.73 Å². The molecular formula is C19H25ClN2O. The maximum absolute atomic E-state index is 12.8. The van der Waals surface area contributed by atoms with Crippen molar-refractivity contribution in [2.24, 2.45) is 0 Å². The third-order valence-electron chi connectivity index (χ3n) is 3.96. The maximum atomic E-state index is 12.8. The number of carbonyl (C=O) groups excluding carboxylic acids is 1. The first-order chi connectivity index (χ1) is 10.7. The summed E-state index contributed by atoms with van der Waals surface area (Å²) in [5, 5.41) is 0. The van der Waals surface area contributed by atoms with Crippen LogP contribution in [0, 0.1) is 0 Å². The van der Waals surface area contributed by atoms with Crippen molar-refractivity contribution in [3.63, 3.8) is 0 Å². The number of nitrogen functional groups attached to an aromatic ring is 1. The van der Waals surface area contributed by atoms with Crippen LogP contribution in [0.5, 0.6) is 0 Å². The molecule has 1 atom stereocenters. The normalized spacial score (nSPS) is 11.4. The molecule has 0 aliphatic carbocycles. The molecule has 0 aromatic heterocycles. The molecule has 2 rings (SSSR count). The average molecular weight is 333 g/mol. The van der Waals surface area contributed by atoms with Gasteiger partial charge in [-0.05, 0) is 43.5 Å². The quantitative estimate of drug-likeness (QED) is 0.807. The molecule has 0 fully saturated rings. The van der Waals surface area contributed by atoms with Gasteiger partial charge in [0.05, 0.1) is 0 Å². The Hall–Kier alpha value is -2.00. The molecule has 2 aromatic rings. The molecule has 2 N–H and O–H groups in total. The Kier molecular flexibility index (Phi) is 7.63. The summed E-state index contributed by atoms with van der Waals surface area (Å²) in [6.45, 7) is 4.85. The van der Waals surface area contributed by atoms with Crippen LogP contribution in [-0.2, 0) is 6.42 Å². The average Bonchev–Trinajstić information content (AvgIpc) is 2.55. The molecule has 0 spiro atoms. The van der Waals surface area contributed by atoms with Crippen LogP contribution in [0.3, 0.4) is 0 Å². The van der Waals surface area contributed by atoms with Crippen LogP contribution >= 0.6 is 12.4 Å². The third-order valence-corrected chi connectivity index (χ3v) is 3.96. The zero-order valence-corrected chi connectivity index (χ0v) is 14.6. The van der Waals surface area contributed by atoms with E-state index in [0.29, 0.717) is 17.8 Å². The summed E-state index contributed by atoms with van der Waals surface area (Å²) in [6.07, 6.45) is 1.80. The maximum Gasteiger partial charge on any atom is 0.254 e. The Bertz CT molecular complexity index is 616. The number of hydrogen-bond donors (Lipinski definition) is 1. The van der Waals surface area contributed by atoms with Gasteiger partial charge in [0.25, 0.3) is 5.91 Å². The first-order valence-electron chi connectivity index (χ1n) is 7.86. The van der Waals surface area contributed by atoms with Crippen LogP contribution in [0.1, 0.15) is 36.2 Å². The number of rotatable bonds is 6. The number of carbonyl (C=O) groups is 1. The van der Waals surface area contributed by atoms with Crippen molar-refractivity contribution < 1.29 is 4.79 Å². The van der Waals surface area contributed by atoms with Gasteiger partial charge in [0.1, 0.15) is 0 Å². The van der Waals surface area contributed by atoms with Gasteiger partial charge in [0, 0.05) is 23.8 Å². The van der Waals surface area contributed by atoms with Gasteiger partial charge in [0.2, 0.25) is 0 Å². The molecule has 23 heavy (non-hydrogen) atoms. The van der Waals surface area contributed by atoms with Crippen molar-refractivity contribution in [1.29, 1.82) is 0 Å². The number of anilines is 1. The van der Waals surface area contributed by atoms with Crippen LogP contribution in [-0.4, -0.2) is 23.4 Å². The molecule has 124 valence electrons. The number of likely N-dealkylation sites (N-methyl/N-ethyl adjacent to an activating group) is 1. The highest BCUT2D eigenvalue weighted by Gasteiger charge is 2.22. The smallest absolute Gasteiger partial charge is 0.254 e. The minimum atomic E-state index is 0.